The van der Waals surface area contributed by atoms with Crippen molar-refractivity contribution in [3.05, 3.63) is 35.5 Å². The summed E-state index contributed by atoms with van der Waals surface area (Å²) in [6.45, 7) is 1.76. The number of ether oxygens (including phenoxy) is 2. The molecule has 120 valence electrons. The Morgan fingerprint density at radius 1 is 1.27 bits per heavy atom. The molecule has 1 aromatic heterocycles. The summed E-state index contributed by atoms with van der Waals surface area (Å²) in [5.41, 5.74) is 4.28. The number of rotatable bonds is 7. The van der Waals surface area contributed by atoms with Gasteiger partial charge in [0.25, 0.3) is 0 Å². The van der Waals surface area contributed by atoms with E-state index in [1.54, 1.807) is 19.8 Å². The maximum atomic E-state index is 5.18. The van der Waals surface area contributed by atoms with Gasteiger partial charge in [-0.05, 0) is 49.8 Å². The lowest BCUT2D eigenvalue weighted by Gasteiger charge is -2.23. The SMILES string of the molecule is COC(CNCC[C@@H]1CCc2c([nH]c3ccccc23)C1)OC. The van der Waals surface area contributed by atoms with E-state index in [2.05, 4.69) is 34.6 Å². The highest BCUT2D eigenvalue weighted by atomic mass is 16.7. The van der Waals surface area contributed by atoms with Gasteiger partial charge in [0.05, 0.1) is 0 Å². The molecule has 0 amide bonds. The Hall–Kier alpha value is -1.36. The molecule has 0 saturated carbocycles. The van der Waals surface area contributed by atoms with Gasteiger partial charge in [0, 0.05) is 37.4 Å². The van der Waals surface area contributed by atoms with Crippen LogP contribution in [0.15, 0.2) is 24.3 Å². The van der Waals surface area contributed by atoms with Crippen LogP contribution in [0.25, 0.3) is 10.9 Å². The first-order valence-electron chi connectivity index (χ1n) is 8.16. The van der Waals surface area contributed by atoms with Crippen LogP contribution < -0.4 is 5.32 Å². The summed E-state index contributed by atoms with van der Waals surface area (Å²) in [5, 5.41) is 4.84. The summed E-state index contributed by atoms with van der Waals surface area (Å²) in [7, 11) is 3.35. The van der Waals surface area contributed by atoms with Crippen LogP contribution in [0.1, 0.15) is 24.1 Å². The van der Waals surface area contributed by atoms with Crippen LogP contribution in [0.5, 0.6) is 0 Å². The standard InChI is InChI=1S/C18H26N2O2/c1-21-18(22-2)12-19-10-9-13-7-8-15-14-5-3-4-6-16(14)20-17(15)11-13/h3-6,13,18-20H,7-12H2,1-2H3/t13-/m0/s1. The predicted octanol–water partition coefficient (Wildman–Crippen LogP) is 2.87. The van der Waals surface area contributed by atoms with Crippen molar-refractivity contribution in [3.63, 3.8) is 0 Å². The van der Waals surface area contributed by atoms with Crippen molar-refractivity contribution in [2.45, 2.75) is 32.0 Å². The minimum absolute atomic E-state index is 0.147. The van der Waals surface area contributed by atoms with E-state index < -0.39 is 0 Å². The Bertz CT molecular complexity index is 604. The van der Waals surface area contributed by atoms with E-state index in [-0.39, 0.29) is 6.29 Å². The minimum atomic E-state index is -0.147. The van der Waals surface area contributed by atoms with Crippen molar-refractivity contribution in [3.8, 4) is 0 Å². The first-order chi connectivity index (χ1) is 10.8. The number of hydrogen-bond donors (Lipinski definition) is 2. The van der Waals surface area contributed by atoms with Gasteiger partial charge in [-0.2, -0.15) is 0 Å². The monoisotopic (exact) mass is 302 g/mol. The van der Waals surface area contributed by atoms with Crippen LogP contribution in [-0.2, 0) is 22.3 Å². The van der Waals surface area contributed by atoms with E-state index in [1.165, 1.54) is 42.3 Å². The predicted molar refractivity (Wildman–Crippen MR) is 89.1 cm³/mol. The van der Waals surface area contributed by atoms with Gasteiger partial charge in [0.1, 0.15) is 0 Å². The van der Waals surface area contributed by atoms with Gasteiger partial charge in [0.2, 0.25) is 0 Å². The van der Waals surface area contributed by atoms with Gasteiger partial charge in [0.15, 0.2) is 6.29 Å². The summed E-state index contributed by atoms with van der Waals surface area (Å²) in [4.78, 5) is 3.61. The van der Waals surface area contributed by atoms with Crippen LogP contribution in [0, 0.1) is 5.92 Å². The normalized spacial score (nSPS) is 18.0. The molecule has 4 nitrogen and oxygen atoms in total. The molecule has 4 heteroatoms. The van der Waals surface area contributed by atoms with Gasteiger partial charge in [-0.15, -0.1) is 0 Å². The molecule has 2 aromatic rings. The molecule has 0 radical (unpaired) electrons. The number of aromatic amines is 1. The molecule has 1 aromatic carbocycles. The number of aromatic nitrogens is 1. The third-order valence-electron chi connectivity index (χ3n) is 4.76. The number of para-hydroxylation sites is 1. The van der Waals surface area contributed by atoms with E-state index in [0.29, 0.717) is 0 Å². The molecule has 1 aliphatic rings. The molecule has 1 aliphatic carbocycles. The van der Waals surface area contributed by atoms with Crippen LogP contribution in [0.3, 0.4) is 0 Å². The Morgan fingerprint density at radius 2 is 2.09 bits per heavy atom. The van der Waals surface area contributed by atoms with E-state index in [1.807, 2.05) is 0 Å². The fourth-order valence-electron chi connectivity index (χ4n) is 3.49. The Morgan fingerprint density at radius 3 is 2.91 bits per heavy atom. The van der Waals surface area contributed by atoms with Crippen molar-refractivity contribution in [2.75, 3.05) is 27.3 Å². The molecular weight excluding hydrogens is 276 g/mol. The number of hydrogen-bond acceptors (Lipinski definition) is 3. The molecule has 0 aliphatic heterocycles. The molecule has 1 heterocycles. The lowest BCUT2D eigenvalue weighted by Crippen LogP contribution is -2.31. The number of fused-ring (bicyclic) bond motifs is 3. The maximum Gasteiger partial charge on any atom is 0.169 e. The van der Waals surface area contributed by atoms with Crippen molar-refractivity contribution in [2.24, 2.45) is 5.92 Å². The molecule has 2 N–H and O–H groups in total. The Labute approximate surface area is 132 Å². The average Bonchev–Trinajstić information content (AvgIpc) is 2.92. The highest BCUT2D eigenvalue weighted by molar-refractivity contribution is 5.84. The van der Waals surface area contributed by atoms with E-state index in [9.17, 15) is 0 Å². The summed E-state index contributed by atoms with van der Waals surface area (Å²) in [5.74, 6) is 0.761. The van der Waals surface area contributed by atoms with Crippen LogP contribution >= 0.6 is 0 Å². The fraction of sp³-hybridized carbons (Fsp3) is 0.556. The second-order valence-electron chi connectivity index (χ2n) is 6.13. The van der Waals surface area contributed by atoms with Gasteiger partial charge in [-0.25, -0.2) is 0 Å². The first kappa shape index (κ1) is 15.5. The molecule has 0 unspecified atom stereocenters. The third kappa shape index (κ3) is 3.35. The van der Waals surface area contributed by atoms with Crippen molar-refractivity contribution >= 4 is 10.9 Å². The Kier molecular flexibility index (Phi) is 5.13. The van der Waals surface area contributed by atoms with Crippen molar-refractivity contribution in [1.82, 2.24) is 10.3 Å². The fourth-order valence-corrected chi connectivity index (χ4v) is 3.49. The van der Waals surface area contributed by atoms with Gasteiger partial charge >= 0.3 is 0 Å². The number of methoxy groups -OCH3 is 2. The quantitative estimate of drug-likeness (QED) is 0.611. The van der Waals surface area contributed by atoms with Crippen molar-refractivity contribution < 1.29 is 9.47 Å². The zero-order valence-corrected chi connectivity index (χ0v) is 13.5. The van der Waals surface area contributed by atoms with Gasteiger partial charge in [-0.3, -0.25) is 0 Å². The highest BCUT2D eigenvalue weighted by Gasteiger charge is 2.21. The van der Waals surface area contributed by atoms with Crippen molar-refractivity contribution in [1.29, 1.82) is 0 Å². The summed E-state index contributed by atoms with van der Waals surface area (Å²) in [6, 6.07) is 8.66. The van der Waals surface area contributed by atoms with Gasteiger partial charge < -0.3 is 19.8 Å². The zero-order valence-electron chi connectivity index (χ0n) is 13.5. The molecule has 0 fully saturated rings. The lowest BCUT2D eigenvalue weighted by molar-refractivity contribution is -0.0987. The Balaban J connectivity index is 1.52. The smallest absolute Gasteiger partial charge is 0.169 e. The summed E-state index contributed by atoms with van der Waals surface area (Å²) in [6.07, 6.45) is 4.71. The second kappa shape index (κ2) is 7.27. The minimum Gasteiger partial charge on any atom is -0.358 e. The zero-order chi connectivity index (χ0) is 15.4. The lowest BCUT2D eigenvalue weighted by atomic mass is 9.85. The van der Waals surface area contributed by atoms with Crippen LogP contribution in [-0.4, -0.2) is 38.6 Å². The molecule has 22 heavy (non-hydrogen) atoms. The molecular formula is C18H26N2O2. The number of aryl methyl sites for hydroxylation is 1. The first-order valence-corrected chi connectivity index (χ1v) is 8.16. The number of nitrogens with one attached hydrogen (secondary N) is 2. The molecule has 0 bridgehead atoms. The molecule has 0 spiro atoms. The molecule has 0 saturated heterocycles. The number of H-pyrrole nitrogens is 1. The van der Waals surface area contributed by atoms with Crippen LogP contribution in [0.4, 0.5) is 0 Å². The largest absolute Gasteiger partial charge is 0.358 e. The third-order valence-corrected chi connectivity index (χ3v) is 4.76. The summed E-state index contributed by atoms with van der Waals surface area (Å²) >= 11 is 0. The highest BCUT2D eigenvalue weighted by Crippen LogP contribution is 2.32. The molecule has 3 rings (SSSR count). The maximum absolute atomic E-state index is 5.18. The summed E-state index contributed by atoms with van der Waals surface area (Å²) < 4.78 is 10.4. The topological polar surface area (TPSA) is 46.3 Å². The molecule has 1 atom stereocenters. The number of benzene rings is 1. The van der Waals surface area contributed by atoms with E-state index in [0.717, 1.165) is 19.0 Å². The average molecular weight is 302 g/mol. The second-order valence-corrected chi connectivity index (χ2v) is 6.13. The van der Waals surface area contributed by atoms with E-state index in [4.69, 9.17) is 9.47 Å². The van der Waals surface area contributed by atoms with Gasteiger partial charge in [-0.1, -0.05) is 18.2 Å². The van der Waals surface area contributed by atoms with Crippen LogP contribution in [0.2, 0.25) is 0 Å². The van der Waals surface area contributed by atoms with E-state index >= 15 is 0 Å².